The fourth-order valence-electron chi connectivity index (χ4n) is 1.57. The van der Waals surface area contributed by atoms with E-state index < -0.39 is 6.03 Å². The van der Waals surface area contributed by atoms with Crippen LogP contribution in [0.25, 0.3) is 0 Å². The predicted molar refractivity (Wildman–Crippen MR) is 59.5 cm³/mol. The summed E-state index contributed by atoms with van der Waals surface area (Å²) in [7, 11) is 1.65. The van der Waals surface area contributed by atoms with E-state index in [0.717, 1.165) is 24.1 Å². The maximum atomic E-state index is 11.0. The van der Waals surface area contributed by atoms with Crippen LogP contribution in [0.1, 0.15) is 18.4 Å². The second kappa shape index (κ2) is 3.24. The van der Waals surface area contributed by atoms with Crippen LogP contribution >= 0.6 is 0 Å². The molecule has 1 saturated carbocycles. The van der Waals surface area contributed by atoms with E-state index in [2.05, 4.69) is 0 Å². The lowest BCUT2D eigenvalue weighted by molar-refractivity contribution is 0.255. The molecule has 0 saturated heterocycles. The molecule has 0 spiro atoms. The molecule has 0 aliphatic heterocycles. The van der Waals surface area contributed by atoms with Gasteiger partial charge in [-0.2, -0.15) is 0 Å². The van der Waals surface area contributed by atoms with Gasteiger partial charge in [0.05, 0.1) is 0 Å². The molecule has 0 aromatic heterocycles. The number of urea groups is 1. The minimum Gasteiger partial charge on any atom is -0.351 e. The van der Waals surface area contributed by atoms with Crippen LogP contribution < -0.4 is 16.4 Å². The van der Waals surface area contributed by atoms with Crippen molar-refractivity contribution in [2.45, 2.75) is 18.4 Å². The minimum atomic E-state index is -0.464. The lowest BCUT2D eigenvalue weighted by Gasteiger charge is -2.17. The maximum absolute atomic E-state index is 11.0. The number of primary amides is 1. The van der Waals surface area contributed by atoms with Crippen LogP contribution in [-0.2, 0) is 5.54 Å². The third-order valence-electron chi connectivity index (χ3n) is 2.93. The first-order chi connectivity index (χ1) is 7.03. The average Bonchev–Trinajstić information content (AvgIpc) is 2.97. The van der Waals surface area contributed by atoms with Gasteiger partial charge in [0, 0.05) is 18.3 Å². The van der Waals surface area contributed by atoms with Gasteiger partial charge in [-0.1, -0.05) is 12.1 Å². The van der Waals surface area contributed by atoms with Crippen molar-refractivity contribution in [2.24, 2.45) is 11.5 Å². The molecule has 0 atom stereocenters. The Kier molecular flexibility index (Phi) is 2.16. The maximum Gasteiger partial charge on any atom is 0.318 e. The number of nitrogens with zero attached hydrogens (tertiary/aromatic N) is 1. The molecule has 4 nitrogen and oxygen atoms in total. The SMILES string of the molecule is CN(C(N)=O)c1cccc(C2(N)CC2)c1. The molecule has 1 aromatic carbocycles. The molecule has 1 aliphatic carbocycles. The molecular formula is C11H15N3O. The van der Waals surface area contributed by atoms with E-state index in [9.17, 15) is 4.79 Å². The van der Waals surface area contributed by atoms with Gasteiger partial charge in [0.25, 0.3) is 0 Å². The molecule has 1 aromatic rings. The number of rotatable bonds is 2. The summed E-state index contributed by atoms with van der Waals surface area (Å²) in [6, 6.07) is 7.20. The van der Waals surface area contributed by atoms with Crippen molar-refractivity contribution in [3.8, 4) is 0 Å². The Morgan fingerprint density at radius 3 is 2.67 bits per heavy atom. The first-order valence-electron chi connectivity index (χ1n) is 4.95. The largest absolute Gasteiger partial charge is 0.351 e. The Bertz CT molecular complexity index is 399. The Balaban J connectivity index is 2.30. The zero-order valence-corrected chi connectivity index (χ0v) is 8.73. The summed E-state index contributed by atoms with van der Waals surface area (Å²) in [5.74, 6) is 0. The van der Waals surface area contributed by atoms with Crippen molar-refractivity contribution in [3.05, 3.63) is 29.8 Å². The highest BCUT2D eigenvalue weighted by atomic mass is 16.2. The van der Waals surface area contributed by atoms with Crippen LogP contribution in [0.15, 0.2) is 24.3 Å². The fourth-order valence-corrected chi connectivity index (χ4v) is 1.57. The fraction of sp³-hybridized carbons (Fsp3) is 0.364. The summed E-state index contributed by atoms with van der Waals surface area (Å²) in [5.41, 5.74) is 13.0. The topological polar surface area (TPSA) is 72.3 Å². The van der Waals surface area contributed by atoms with Gasteiger partial charge in [-0.05, 0) is 30.5 Å². The number of benzene rings is 1. The Morgan fingerprint density at radius 1 is 1.47 bits per heavy atom. The third-order valence-corrected chi connectivity index (χ3v) is 2.93. The smallest absolute Gasteiger partial charge is 0.318 e. The van der Waals surface area contributed by atoms with E-state index in [-0.39, 0.29) is 5.54 Å². The van der Waals surface area contributed by atoms with Crippen LogP contribution in [0.4, 0.5) is 10.5 Å². The highest BCUT2D eigenvalue weighted by Crippen LogP contribution is 2.43. The highest BCUT2D eigenvalue weighted by molar-refractivity contribution is 5.90. The molecule has 15 heavy (non-hydrogen) atoms. The highest BCUT2D eigenvalue weighted by Gasteiger charge is 2.40. The van der Waals surface area contributed by atoms with Crippen molar-refractivity contribution in [3.63, 3.8) is 0 Å². The lowest BCUT2D eigenvalue weighted by atomic mass is 10.1. The van der Waals surface area contributed by atoms with Gasteiger partial charge in [-0.25, -0.2) is 4.79 Å². The van der Waals surface area contributed by atoms with Crippen molar-refractivity contribution >= 4 is 11.7 Å². The van der Waals surface area contributed by atoms with Gasteiger partial charge in [0.1, 0.15) is 0 Å². The quantitative estimate of drug-likeness (QED) is 0.760. The normalized spacial score (nSPS) is 17.2. The van der Waals surface area contributed by atoms with Crippen LogP contribution in [0.3, 0.4) is 0 Å². The Hall–Kier alpha value is -1.55. The second-order valence-electron chi connectivity index (χ2n) is 4.10. The number of amides is 2. The molecule has 4 heteroatoms. The van der Waals surface area contributed by atoms with Crippen molar-refractivity contribution in [1.82, 2.24) is 0 Å². The van der Waals surface area contributed by atoms with Gasteiger partial charge >= 0.3 is 6.03 Å². The van der Waals surface area contributed by atoms with Gasteiger partial charge in [-0.3, -0.25) is 4.90 Å². The monoisotopic (exact) mass is 205 g/mol. The zero-order valence-electron chi connectivity index (χ0n) is 8.73. The summed E-state index contributed by atoms with van der Waals surface area (Å²) in [6.07, 6.45) is 2.02. The number of carbonyl (C=O) groups is 1. The molecule has 1 fully saturated rings. The molecule has 4 N–H and O–H groups in total. The number of hydrogen-bond donors (Lipinski definition) is 2. The lowest BCUT2D eigenvalue weighted by Crippen LogP contribution is -2.32. The summed E-state index contributed by atoms with van der Waals surface area (Å²) in [6.45, 7) is 0. The number of carbonyl (C=O) groups excluding carboxylic acids is 1. The van der Waals surface area contributed by atoms with E-state index in [4.69, 9.17) is 11.5 Å². The summed E-state index contributed by atoms with van der Waals surface area (Å²) < 4.78 is 0. The molecule has 1 aliphatic rings. The average molecular weight is 205 g/mol. The summed E-state index contributed by atoms with van der Waals surface area (Å²) in [4.78, 5) is 12.4. The molecule has 0 bridgehead atoms. The number of nitrogens with two attached hydrogens (primary N) is 2. The standard InChI is InChI=1S/C11H15N3O/c1-14(10(12)15)9-4-2-3-8(7-9)11(13)5-6-11/h2-4,7H,5-6,13H2,1H3,(H2,12,15). The molecule has 2 amide bonds. The predicted octanol–water partition coefficient (Wildman–Crippen LogP) is 1.15. The van der Waals surface area contributed by atoms with Crippen LogP contribution in [0.2, 0.25) is 0 Å². The second-order valence-corrected chi connectivity index (χ2v) is 4.10. The third kappa shape index (κ3) is 1.80. The van der Waals surface area contributed by atoms with Gasteiger partial charge in [0.15, 0.2) is 0 Å². The first-order valence-corrected chi connectivity index (χ1v) is 4.95. The molecule has 80 valence electrons. The van der Waals surface area contributed by atoms with Crippen LogP contribution in [0, 0.1) is 0 Å². The number of anilines is 1. The molecule has 0 unspecified atom stereocenters. The van der Waals surface area contributed by atoms with E-state index in [1.807, 2.05) is 24.3 Å². The van der Waals surface area contributed by atoms with Crippen molar-refractivity contribution < 1.29 is 4.79 Å². The van der Waals surface area contributed by atoms with Gasteiger partial charge < -0.3 is 11.5 Å². The Morgan fingerprint density at radius 2 is 2.13 bits per heavy atom. The van der Waals surface area contributed by atoms with E-state index >= 15 is 0 Å². The zero-order chi connectivity index (χ0) is 11.1. The van der Waals surface area contributed by atoms with Crippen LogP contribution in [0.5, 0.6) is 0 Å². The Labute approximate surface area is 88.9 Å². The van der Waals surface area contributed by atoms with Gasteiger partial charge in [-0.15, -0.1) is 0 Å². The van der Waals surface area contributed by atoms with E-state index in [0.29, 0.717) is 0 Å². The molecule has 0 radical (unpaired) electrons. The van der Waals surface area contributed by atoms with Gasteiger partial charge in [0.2, 0.25) is 0 Å². The van der Waals surface area contributed by atoms with Crippen molar-refractivity contribution in [2.75, 3.05) is 11.9 Å². The molecule has 2 rings (SSSR count). The van der Waals surface area contributed by atoms with Crippen molar-refractivity contribution in [1.29, 1.82) is 0 Å². The minimum absolute atomic E-state index is 0.172. The van der Waals surface area contributed by atoms with Crippen LogP contribution in [-0.4, -0.2) is 13.1 Å². The summed E-state index contributed by atoms with van der Waals surface area (Å²) in [5, 5.41) is 0. The summed E-state index contributed by atoms with van der Waals surface area (Å²) >= 11 is 0. The first kappa shape index (κ1) is 9.98. The molecule has 0 heterocycles. The van der Waals surface area contributed by atoms with E-state index in [1.54, 1.807) is 7.05 Å². The van der Waals surface area contributed by atoms with E-state index in [1.165, 1.54) is 4.90 Å². The molecular weight excluding hydrogens is 190 g/mol. The number of hydrogen-bond acceptors (Lipinski definition) is 2.